The number of rotatable bonds is 4. The summed E-state index contributed by atoms with van der Waals surface area (Å²) in [6, 6.07) is 0. The Bertz CT molecular complexity index is 189. The Morgan fingerprint density at radius 2 is 1.56 bits per heavy atom. The normalized spacial score (nSPS) is 19.9. The smallest absolute Gasteiger partial charge is 0.251 e. The summed E-state index contributed by atoms with van der Waals surface area (Å²) in [5, 5.41) is 0. The van der Waals surface area contributed by atoms with Crippen molar-refractivity contribution in [1.29, 1.82) is 0 Å². The summed E-state index contributed by atoms with van der Waals surface area (Å²) in [7, 11) is 0. The standard InChI is InChI=1S/C10H21F2N3.ClH/c1-10(2,13)8-15-5-3-14(4-6-15)7-9(11)12;/h9H,3-8,13H2,1-2H3;1H. The Morgan fingerprint density at radius 3 is 1.94 bits per heavy atom. The number of hydrogen-bond donors (Lipinski definition) is 1. The first-order valence-electron chi connectivity index (χ1n) is 5.38. The van der Waals surface area contributed by atoms with Gasteiger partial charge in [-0.25, -0.2) is 8.78 Å². The van der Waals surface area contributed by atoms with Gasteiger partial charge < -0.3 is 5.73 Å². The highest BCUT2D eigenvalue weighted by atomic mass is 35.5. The number of nitrogens with two attached hydrogens (primary N) is 1. The van der Waals surface area contributed by atoms with Crippen LogP contribution in [-0.4, -0.2) is 61.0 Å². The number of nitrogens with zero attached hydrogens (tertiary/aromatic N) is 2. The summed E-state index contributed by atoms with van der Waals surface area (Å²) in [5.74, 6) is 0. The van der Waals surface area contributed by atoms with Crippen LogP contribution in [0, 0.1) is 0 Å². The van der Waals surface area contributed by atoms with E-state index in [4.69, 9.17) is 5.73 Å². The molecule has 0 radical (unpaired) electrons. The van der Waals surface area contributed by atoms with Crippen LogP contribution in [0.1, 0.15) is 13.8 Å². The molecule has 2 N–H and O–H groups in total. The summed E-state index contributed by atoms with van der Waals surface area (Å²) in [5.41, 5.74) is 5.70. The lowest BCUT2D eigenvalue weighted by molar-refractivity contribution is 0.0517. The Hall–Kier alpha value is 0.0300. The van der Waals surface area contributed by atoms with Gasteiger partial charge in [-0.15, -0.1) is 12.4 Å². The van der Waals surface area contributed by atoms with Gasteiger partial charge in [0.1, 0.15) is 0 Å². The van der Waals surface area contributed by atoms with Crippen LogP contribution in [0.5, 0.6) is 0 Å². The lowest BCUT2D eigenvalue weighted by Gasteiger charge is -2.37. The maximum Gasteiger partial charge on any atom is 0.251 e. The van der Waals surface area contributed by atoms with Gasteiger partial charge in [-0.1, -0.05) is 0 Å². The molecular formula is C10H22ClF2N3. The van der Waals surface area contributed by atoms with Gasteiger partial charge >= 0.3 is 0 Å². The third-order valence-electron chi connectivity index (χ3n) is 2.49. The number of halogens is 3. The van der Waals surface area contributed by atoms with Crippen LogP contribution in [0.25, 0.3) is 0 Å². The van der Waals surface area contributed by atoms with Crippen LogP contribution in [0.15, 0.2) is 0 Å². The minimum atomic E-state index is -2.22. The van der Waals surface area contributed by atoms with Crippen molar-refractivity contribution in [3.63, 3.8) is 0 Å². The maximum absolute atomic E-state index is 12.1. The molecule has 0 atom stereocenters. The van der Waals surface area contributed by atoms with Crippen LogP contribution >= 0.6 is 12.4 Å². The summed E-state index contributed by atoms with van der Waals surface area (Å²) in [6.45, 7) is 7.83. The Balaban J connectivity index is 0.00000225. The van der Waals surface area contributed by atoms with Gasteiger partial charge in [-0.3, -0.25) is 9.80 Å². The molecule has 16 heavy (non-hydrogen) atoms. The van der Waals surface area contributed by atoms with Crippen LogP contribution in [0.3, 0.4) is 0 Å². The monoisotopic (exact) mass is 257 g/mol. The lowest BCUT2D eigenvalue weighted by Crippen LogP contribution is -2.53. The third-order valence-corrected chi connectivity index (χ3v) is 2.49. The van der Waals surface area contributed by atoms with Crippen molar-refractivity contribution in [3.05, 3.63) is 0 Å². The molecule has 3 nitrogen and oxygen atoms in total. The molecular weight excluding hydrogens is 236 g/mol. The third kappa shape index (κ3) is 6.58. The molecule has 0 aromatic carbocycles. The fourth-order valence-corrected chi connectivity index (χ4v) is 1.90. The van der Waals surface area contributed by atoms with Crippen molar-refractivity contribution in [1.82, 2.24) is 9.80 Å². The highest BCUT2D eigenvalue weighted by molar-refractivity contribution is 5.85. The quantitative estimate of drug-likeness (QED) is 0.817. The average Bonchev–Trinajstić information content (AvgIpc) is 2.05. The van der Waals surface area contributed by atoms with Crippen molar-refractivity contribution >= 4 is 12.4 Å². The van der Waals surface area contributed by atoms with E-state index in [1.807, 2.05) is 18.7 Å². The van der Waals surface area contributed by atoms with E-state index in [1.54, 1.807) is 0 Å². The van der Waals surface area contributed by atoms with Gasteiger partial charge in [0.25, 0.3) is 6.43 Å². The Labute approximate surface area is 102 Å². The predicted molar refractivity (Wildman–Crippen MR) is 64.4 cm³/mol. The van der Waals surface area contributed by atoms with E-state index >= 15 is 0 Å². The first-order chi connectivity index (χ1) is 6.87. The SMILES string of the molecule is CC(C)(N)CN1CCN(CC(F)F)CC1.Cl. The van der Waals surface area contributed by atoms with Gasteiger partial charge in [0, 0.05) is 38.3 Å². The molecule has 0 aromatic rings. The Morgan fingerprint density at radius 1 is 1.12 bits per heavy atom. The van der Waals surface area contributed by atoms with Gasteiger partial charge in [0.2, 0.25) is 0 Å². The fraction of sp³-hybridized carbons (Fsp3) is 1.00. The zero-order valence-corrected chi connectivity index (χ0v) is 10.8. The van der Waals surface area contributed by atoms with E-state index in [0.29, 0.717) is 0 Å². The van der Waals surface area contributed by atoms with Crippen LogP contribution < -0.4 is 5.73 Å². The first kappa shape index (κ1) is 16.0. The summed E-state index contributed by atoms with van der Waals surface area (Å²) in [6.07, 6.45) is -2.22. The minimum Gasteiger partial charge on any atom is -0.324 e. The van der Waals surface area contributed by atoms with Gasteiger partial charge in [-0.05, 0) is 13.8 Å². The molecule has 0 saturated carbocycles. The molecule has 0 aliphatic carbocycles. The number of alkyl halides is 2. The molecule has 1 aliphatic rings. The lowest BCUT2D eigenvalue weighted by atomic mass is 10.1. The van der Waals surface area contributed by atoms with Crippen LogP contribution in [0.2, 0.25) is 0 Å². The van der Waals surface area contributed by atoms with Crippen molar-refractivity contribution < 1.29 is 8.78 Å². The average molecular weight is 258 g/mol. The maximum atomic E-state index is 12.1. The summed E-state index contributed by atoms with van der Waals surface area (Å²) >= 11 is 0. The topological polar surface area (TPSA) is 32.5 Å². The Kier molecular flexibility index (Phi) is 6.70. The molecule has 6 heteroatoms. The molecule has 1 saturated heterocycles. The van der Waals surface area contributed by atoms with Gasteiger partial charge in [0.05, 0.1) is 6.54 Å². The van der Waals surface area contributed by atoms with Gasteiger partial charge in [-0.2, -0.15) is 0 Å². The van der Waals surface area contributed by atoms with E-state index in [1.165, 1.54) is 0 Å². The van der Waals surface area contributed by atoms with E-state index in [9.17, 15) is 8.78 Å². The second-order valence-electron chi connectivity index (χ2n) is 4.96. The molecule has 1 heterocycles. The van der Waals surface area contributed by atoms with Crippen molar-refractivity contribution in [3.8, 4) is 0 Å². The molecule has 0 bridgehead atoms. The first-order valence-corrected chi connectivity index (χ1v) is 5.38. The number of hydrogen-bond acceptors (Lipinski definition) is 3. The fourth-order valence-electron chi connectivity index (χ4n) is 1.90. The van der Waals surface area contributed by atoms with Crippen LogP contribution in [0.4, 0.5) is 8.78 Å². The highest BCUT2D eigenvalue weighted by Crippen LogP contribution is 2.08. The molecule has 0 aromatic heterocycles. The molecule has 0 amide bonds. The van der Waals surface area contributed by atoms with Gasteiger partial charge in [0.15, 0.2) is 0 Å². The minimum absolute atomic E-state index is 0. The van der Waals surface area contributed by atoms with E-state index in [-0.39, 0.29) is 24.5 Å². The second-order valence-corrected chi connectivity index (χ2v) is 4.96. The largest absolute Gasteiger partial charge is 0.324 e. The zero-order valence-electron chi connectivity index (χ0n) is 9.96. The second kappa shape index (κ2) is 6.69. The van der Waals surface area contributed by atoms with Crippen molar-refractivity contribution in [2.75, 3.05) is 39.3 Å². The summed E-state index contributed by atoms with van der Waals surface area (Å²) < 4.78 is 24.2. The van der Waals surface area contributed by atoms with Crippen molar-refractivity contribution in [2.45, 2.75) is 25.8 Å². The summed E-state index contributed by atoms with van der Waals surface area (Å²) in [4.78, 5) is 4.05. The van der Waals surface area contributed by atoms with Crippen LogP contribution in [-0.2, 0) is 0 Å². The van der Waals surface area contributed by atoms with E-state index < -0.39 is 6.43 Å². The highest BCUT2D eigenvalue weighted by Gasteiger charge is 2.22. The molecule has 0 unspecified atom stereocenters. The van der Waals surface area contributed by atoms with Crippen molar-refractivity contribution in [2.24, 2.45) is 5.73 Å². The van der Waals surface area contributed by atoms with E-state index in [0.717, 1.165) is 32.7 Å². The molecule has 1 fully saturated rings. The molecule has 0 spiro atoms. The zero-order chi connectivity index (χ0) is 11.5. The van der Waals surface area contributed by atoms with E-state index in [2.05, 4.69) is 4.90 Å². The molecule has 98 valence electrons. The molecule has 1 rings (SSSR count). The number of piperazine rings is 1. The molecule has 1 aliphatic heterocycles. The predicted octanol–water partition coefficient (Wildman–Crippen LogP) is 1.03.